The van der Waals surface area contributed by atoms with Crippen LogP contribution in [0.1, 0.15) is 12.5 Å². The lowest BCUT2D eigenvalue weighted by molar-refractivity contribution is 0.588. The Morgan fingerprint density at radius 1 is 1.22 bits per heavy atom. The van der Waals surface area contributed by atoms with Gasteiger partial charge in [-0.1, -0.05) is 42.5 Å². The third kappa shape index (κ3) is 4.22. The fraction of sp³-hybridized carbons (Fsp3) is 0.143. The summed E-state index contributed by atoms with van der Waals surface area (Å²) in [5.41, 5.74) is 1.57. The molecule has 0 spiro atoms. The lowest BCUT2D eigenvalue weighted by Crippen LogP contribution is -2.21. The highest BCUT2D eigenvalue weighted by atomic mass is 32.2. The predicted molar refractivity (Wildman–Crippen MR) is 74.6 cm³/mol. The van der Waals surface area contributed by atoms with E-state index in [4.69, 9.17) is 0 Å². The van der Waals surface area contributed by atoms with E-state index in [0.717, 1.165) is 5.56 Å². The molecule has 0 fully saturated rings. The van der Waals surface area contributed by atoms with Crippen molar-refractivity contribution in [1.29, 1.82) is 0 Å². The van der Waals surface area contributed by atoms with Crippen LogP contribution in [0.3, 0.4) is 0 Å². The molecule has 0 heterocycles. The van der Waals surface area contributed by atoms with Crippen molar-refractivity contribution >= 4 is 10.0 Å². The maximum Gasteiger partial charge on any atom is 0.261 e. The fourth-order valence-electron chi connectivity index (χ4n) is 1.30. The van der Waals surface area contributed by atoms with Gasteiger partial charge in [0, 0.05) is 5.70 Å². The number of allylic oxidation sites excluding steroid dienone is 5. The number of hydrogen-bond donors (Lipinski definition) is 1. The van der Waals surface area contributed by atoms with Gasteiger partial charge in [0.05, 0.1) is 4.90 Å². The van der Waals surface area contributed by atoms with Gasteiger partial charge in [0.2, 0.25) is 0 Å². The zero-order chi connectivity index (χ0) is 13.6. The maximum absolute atomic E-state index is 12.0. The molecule has 1 N–H and O–H groups in total. The summed E-state index contributed by atoms with van der Waals surface area (Å²) in [5.74, 6) is 0. The molecule has 0 radical (unpaired) electrons. The van der Waals surface area contributed by atoms with Gasteiger partial charge in [-0.15, -0.1) is 0 Å². The Morgan fingerprint density at radius 3 is 2.39 bits per heavy atom. The van der Waals surface area contributed by atoms with Crippen LogP contribution in [0.15, 0.2) is 65.7 Å². The van der Waals surface area contributed by atoms with Crippen LogP contribution in [0.5, 0.6) is 0 Å². The van der Waals surface area contributed by atoms with Crippen LogP contribution in [0.25, 0.3) is 0 Å². The molecule has 0 unspecified atom stereocenters. The Bertz CT molecular complexity index is 566. The molecule has 1 aromatic carbocycles. The minimum atomic E-state index is -3.49. The van der Waals surface area contributed by atoms with Crippen LogP contribution in [0, 0.1) is 6.92 Å². The smallest absolute Gasteiger partial charge is 0.261 e. The monoisotopic (exact) mass is 263 g/mol. The van der Waals surface area contributed by atoms with Crippen molar-refractivity contribution in [2.75, 3.05) is 0 Å². The van der Waals surface area contributed by atoms with E-state index in [2.05, 4.69) is 11.3 Å². The van der Waals surface area contributed by atoms with E-state index < -0.39 is 10.0 Å². The SMILES string of the molecule is C=C/C=C\C=C(/C)NS(=O)(=O)c1ccc(C)cc1. The molecule has 0 bridgehead atoms. The molecule has 96 valence electrons. The Hall–Kier alpha value is -1.81. The second-order valence-electron chi connectivity index (χ2n) is 3.89. The van der Waals surface area contributed by atoms with Gasteiger partial charge in [0.25, 0.3) is 10.0 Å². The summed E-state index contributed by atoms with van der Waals surface area (Å²) in [4.78, 5) is 0.258. The third-order valence-corrected chi connectivity index (χ3v) is 3.70. The third-order valence-electron chi connectivity index (χ3n) is 2.22. The van der Waals surface area contributed by atoms with Gasteiger partial charge in [-0.3, -0.25) is 4.72 Å². The van der Waals surface area contributed by atoms with E-state index in [1.165, 1.54) is 0 Å². The van der Waals surface area contributed by atoms with Crippen LogP contribution >= 0.6 is 0 Å². The Balaban J connectivity index is 2.88. The summed E-state index contributed by atoms with van der Waals surface area (Å²) in [6.07, 6.45) is 6.75. The molecular weight excluding hydrogens is 246 g/mol. The highest BCUT2D eigenvalue weighted by Gasteiger charge is 2.12. The second-order valence-corrected chi connectivity index (χ2v) is 5.57. The van der Waals surface area contributed by atoms with E-state index in [1.807, 2.05) is 6.92 Å². The van der Waals surface area contributed by atoms with Gasteiger partial charge in [-0.2, -0.15) is 0 Å². The van der Waals surface area contributed by atoms with E-state index in [0.29, 0.717) is 5.70 Å². The van der Waals surface area contributed by atoms with Crippen molar-refractivity contribution < 1.29 is 8.42 Å². The number of nitrogens with one attached hydrogen (secondary N) is 1. The summed E-state index contributed by atoms with van der Waals surface area (Å²) in [7, 11) is -3.49. The molecular formula is C14H17NO2S. The zero-order valence-corrected chi connectivity index (χ0v) is 11.4. The summed E-state index contributed by atoms with van der Waals surface area (Å²) in [5, 5.41) is 0. The average molecular weight is 263 g/mol. The first-order chi connectivity index (χ1) is 8.45. The molecule has 1 aromatic rings. The number of hydrogen-bond acceptors (Lipinski definition) is 2. The van der Waals surface area contributed by atoms with Crippen molar-refractivity contribution in [2.24, 2.45) is 0 Å². The lowest BCUT2D eigenvalue weighted by Gasteiger charge is -2.07. The topological polar surface area (TPSA) is 46.2 Å². The number of benzene rings is 1. The first kappa shape index (κ1) is 14.3. The highest BCUT2D eigenvalue weighted by molar-refractivity contribution is 7.89. The summed E-state index contributed by atoms with van der Waals surface area (Å²) < 4.78 is 26.5. The quantitative estimate of drug-likeness (QED) is 0.830. The van der Waals surface area contributed by atoms with Gasteiger partial charge in [0.1, 0.15) is 0 Å². The molecule has 0 amide bonds. The van der Waals surface area contributed by atoms with Gasteiger partial charge < -0.3 is 0 Å². The summed E-state index contributed by atoms with van der Waals surface area (Å²) >= 11 is 0. The van der Waals surface area contributed by atoms with Crippen molar-refractivity contribution in [3.8, 4) is 0 Å². The maximum atomic E-state index is 12.0. The molecule has 3 nitrogen and oxygen atoms in total. The second kappa shape index (κ2) is 6.21. The normalized spacial score (nSPS) is 12.7. The van der Waals surface area contributed by atoms with Crippen LogP contribution in [-0.4, -0.2) is 8.42 Å². The zero-order valence-electron chi connectivity index (χ0n) is 10.6. The average Bonchev–Trinajstić information content (AvgIpc) is 2.29. The molecule has 18 heavy (non-hydrogen) atoms. The van der Waals surface area contributed by atoms with E-state index in [-0.39, 0.29) is 4.90 Å². The fourth-order valence-corrected chi connectivity index (χ4v) is 2.40. The molecule has 4 heteroatoms. The van der Waals surface area contributed by atoms with Gasteiger partial charge in [-0.25, -0.2) is 8.42 Å². The Morgan fingerprint density at radius 2 is 1.83 bits per heavy atom. The van der Waals surface area contributed by atoms with E-state index in [9.17, 15) is 8.42 Å². The number of aryl methyl sites for hydroxylation is 1. The summed E-state index contributed by atoms with van der Waals surface area (Å²) in [6, 6.07) is 6.71. The molecule has 0 aliphatic carbocycles. The number of sulfonamides is 1. The van der Waals surface area contributed by atoms with Crippen LogP contribution in [-0.2, 0) is 10.0 Å². The van der Waals surface area contributed by atoms with Gasteiger partial charge >= 0.3 is 0 Å². The standard InChI is InChI=1S/C14H17NO2S/c1-4-5-6-7-13(3)15-18(16,17)14-10-8-12(2)9-11-14/h4-11,15H,1H2,2-3H3/b6-5-,13-7+. The molecule has 0 atom stereocenters. The predicted octanol–water partition coefficient (Wildman–Crippen LogP) is 2.92. The van der Waals surface area contributed by atoms with Crippen molar-refractivity contribution in [1.82, 2.24) is 4.72 Å². The van der Waals surface area contributed by atoms with Crippen molar-refractivity contribution in [3.05, 3.63) is 66.4 Å². The first-order valence-corrected chi connectivity index (χ1v) is 6.99. The van der Waals surface area contributed by atoms with Gasteiger partial charge in [0.15, 0.2) is 0 Å². The van der Waals surface area contributed by atoms with Crippen molar-refractivity contribution in [2.45, 2.75) is 18.7 Å². The Kier molecular flexibility index (Phi) is 4.92. The van der Waals surface area contributed by atoms with Crippen LogP contribution in [0.4, 0.5) is 0 Å². The van der Waals surface area contributed by atoms with E-state index in [1.54, 1.807) is 55.5 Å². The largest absolute Gasteiger partial charge is 0.284 e. The molecule has 0 aliphatic rings. The highest BCUT2D eigenvalue weighted by Crippen LogP contribution is 2.11. The first-order valence-electron chi connectivity index (χ1n) is 5.51. The van der Waals surface area contributed by atoms with E-state index >= 15 is 0 Å². The summed E-state index contributed by atoms with van der Waals surface area (Å²) in [6.45, 7) is 7.14. The molecule has 0 aromatic heterocycles. The number of rotatable bonds is 5. The molecule has 0 saturated carbocycles. The Labute approximate surface area is 109 Å². The van der Waals surface area contributed by atoms with Crippen LogP contribution < -0.4 is 4.72 Å². The van der Waals surface area contributed by atoms with Crippen LogP contribution in [0.2, 0.25) is 0 Å². The molecule has 0 saturated heterocycles. The van der Waals surface area contributed by atoms with Gasteiger partial charge in [-0.05, 0) is 32.1 Å². The minimum absolute atomic E-state index is 0.258. The lowest BCUT2D eigenvalue weighted by atomic mass is 10.2. The minimum Gasteiger partial charge on any atom is -0.284 e. The molecule has 1 rings (SSSR count). The molecule has 0 aliphatic heterocycles. The van der Waals surface area contributed by atoms with Crippen molar-refractivity contribution in [3.63, 3.8) is 0 Å².